The minimum Gasteiger partial charge on any atom is -0.383 e. The normalized spacial score (nSPS) is 10.0. The van der Waals surface area contributed by atoms with E-state index in [9.17, 15) is 4.79 Å². The van der Waals surface area contributed by atoms with E-state index in [4.69, 9.17) is 4.74 Å². The lowest BCUT2D eigenvalue weighted by atomic mass is 10.6. The number of amides is 1. The first-order chi connectivity index (χ1) is 6.25. The standard InChI is InChI=1S/C8H13N3O2/c1-10(6-7-13-2)8(12)11-5-3-4-9-11/h3-5H,6-7H2,1-2H3. The number of aromatic nitrogens is 2. The number of likely N-dealkylation sites (N-methyl/N-ethyl adjacent to an activating group) is 1. The van der Waals surface area contributed by atoms with Crippen molar-refractivity contribution in [1.82, 2.24) is 14.7 Å². The first-order valence-corrected chi connectivity index (χ1v) is 3.99. The fourth-order valence-corrected chi connectivity index (χ4v) is 0.881. The van der Waals surface area contributed by atoms with Crippen LogP contribution >= 0.6 is 0 Å². The predicted octanol–water partition coefficient (Wildman–Crippen LogP) is 0.429. The van der Waals surface area contributed by atoms with Gasteiger partial charge in [-0.05, 0) is 6.07 Å². The molecule has 0 saturated carbocycles. The minimum absolute atomic E-state index is 0.151. The Morgan fingerprint density at radius 1 is 1.69 bits per heavy atom. The van der Waals surface area contributed by atoms with Crippen LogP contribution < -0.4 is 0 Å². The molecule has 0 unspecified atom stereocenters. The molecule has 0 aliphatic heterocycles. The molecule has 1 amide bonds. The van der Waals surface area contributed by atoms with E-state index in [1.165, 1.54) is 4.68 Å². The Kier molecular flexibility index (Phi) is 3.45. The monoisotopic (exact) mass is 183 g/mol. The van der Waals surface area contributed by atoms with E-state index >= 15 is 0 Å². The maximum atomic E-state index is 11.5. The number of hydrogen-bond donors (Lipinski definition) is 0. The van der Waals surface area contributed by atoms with Gasteiger partial charge in [0.2, 0.25) is 0 Å². The van der Waals surface area contributed by atoms with Crippen molar-refractivity contribution in [3.8, 4) is 0 Å². The number of methoxy groups -OCH3 is 1. The molecule has 1 aromatic rings. The van der Waals surface area contributed by atoms with Crippen molar-refractivity contribution in [1.29, 1.82) is 0 Å². The van der Waals surface area contributed by atoms with Gasteiger partial charge in [0.25, 0.3) is 0 Å². The fraction of sp³-hybridized carbons (Fsp3) is 0.500. The SMILES string of the molecule is COCCN(C)C(=O)n1cccn1. The summed E-state index contributed by atoms with van der Waals surface area (Å²) in [4.78, 5) is 13.0. The summed E-state index contributed by atoms with van der Waals surface area (Å²) in [5.74, 6) is 0. The molecule has 0 bridgehead atoms. The number of hydrogen-bond acceptors (Lipinski definition) is 3. The van der Waals surface area contributed by atoms with E-state index in [0.29, 0.717) is 13.2 Å². The predicted molar refractivity (Wildman–Crippen MR) is 47.5 cm³/mol. The number of rotatable bonds is 3. The summed E-state index contributed by atoms with van der Waals surface area (Å²) in [6, 6.07) is 1.56. The molecular formula is C8H13N3O2. The lowest BCUT2D eigenvalue weighted by Gasteiger charge is -2.15. The topological polar surface area (TPSA) is 47.4 Å². The van der Waals surface area contributed by atoms with E-state index in [2.05, 4.69) is 5.10 Å². The zero-order valence-electron chi connectivity index (χ0n) is 7.80. The molecule has 0 fully saturated rings. The van der Waals surface area contributed by atoms with Crippen molar-refractivity contribution >= 4 is 6.03 Å². The van der Waals surface area contributed by atoms with Gasteiger partial charge in [-0.15, -0.1) is 0 Å². The second-order valence-corrected chi connectivity index (χ2v) is 2.65. The van der Waals surface area contributed by atoms with Gasteiger partial charge in [0.1, 0.15) is 0 Å². The van der Waals surface area contributed by atoms with Crippen LogP contribution in [0.3, 0.4) is 0 Å². The zero-order chi connectivity index (χ0) is 9.68. The third kappa shape index (κ3) is 2.55. The van der Waals surface area contributed by atoms with Crippen LogP contribution in [0.4, 0.5) is 4.79 Å². The Morgan fingerprint density at radius 2 is 2.46 bits per heavy atom. The molecule has 0 aliphatic carbocycles. The van der Waals surface area contributed by atoms with Crippen molar-refractivity contribution < 1.29 is 9.53 Å². The molecule has 1 rings (SSSR count). The van der Waals surface area contributed by atoms with Gasteiger partial charge >= 0.3 is 6.03 Å². The third-order valence-electron chi connectivity index (χ3n) is 1.66. The summed E-state index contributed by atoms with van der Waals surface area (Å²) in [5.41, 5.74) is 0. The largest absolute Gasteiger partial charge is 0.383 e. The Morgan fingerprint density at radius 3 is 3.00 bits per heavy atom. The smallest absolute Gasteiger partial charge is 0.344 e. The van der Waals surface area contributed by atoms with Crippen LogP contribution in [-0.4, -0.2) is 48.0 Å². The van der Waals surface area contributed by atoms with Crippen molar-refractivity contribution in [3.05, 3.63) is 18.5 Å². The summed E-state index contributed by atoms with van der Waals surface area (Å²) in [6.07, 6.45) is 3.19. The number of carbonyl (C=O) groups is 1. The van der Waals surface area contributed by atoms with Crippen LogP contribution in [0.5, 0.6) is 0 Å². The van der Waals surface area contributed by atoms with Gasteiger partial charge in [-0.3, -0.25) is 0 Å². The molecule has 1 heterocycles. The Bertz CT molecular complexity index is 258. The highest BCUT2D eigenvalue weighted by Crippen LogP contribution is 1.91. The lowest BCUT2D eigenvalue weighted by molar-refractivity contribution is 0.159. The molecule has 0 atom stereocenters. The second-order valence-electron chi connectivity index (χ2n) is 2.65. The summed E-state index contributed by atoms with van der Waals surface area (Å²) < 4.78 is 6.14. The Hall–Kier alpha value is -1.36. The van der Waals surface area contributed by atoms with Crippen LogP contribution in [0.15, 0.2) is 18.5 Å². The minimum atomic E-state index is -0.151. The van der Waals surface area contributed by atoms with Crippen LogP contribution in [0.1, 0.15) is 0 Å². The Labute approximate surface area is 76.9 Å². The number of nitrogens with zero attached hydrogens (tertiary/aromatic N) is 3. The zero-order valence-corrected chi connectivity index (χ0v) is 7.80. The van der Waals surface area contributed by atoms with Gasteiger partial charge in [-0.25, -0.2) is 4.79 Å². The molecule has 5 nitrogen and oxygen atoms in total. The molecule has 5 heteroatoms. The fourth-order valence-electron chi connectivity index (χ4n) is 0.881. The van der Waals surface area contributed by atoms with Crippen molar-refractivity contribution in [2.24, 2.45) is 0 Å². The van der Waals surface area contributed by atoms with Gasteiger partial charge in [0, 0.05) is 33.1 Å². The van der Waals surface area contributed by atoms with E-state index in [-0.39, 0.29) is 6.03 Å². The van der Waals surface area contributed by atoms with Crippen molar-refractivity contribution in [2.75, 3.05) is 27.3 Å². The number of carbonyl (C=O) groups excluding carboxylic acids is 1. The van der Waals surface area contributed by atoms with Gasteiger partial charge in [-0.1, -0.05) is 0 Å². The maximum absolute atomic E-state index is 11.5. The summed E-state index contributed by atoms with van der Waals surface area (Å²) >= 11 is 0. The van der Waals surface area contributed by atoms with Crippen LogP contribution in [0.25, 0.3) is 0 Å². The summed E-state index contributed by atoms with van der Waals surface area (Å²) in [5, 5.41) is 3.83. The maximum Gasteiger partial charge on any atom is 0.344 e. The quantitative estimate of drug-likeness (QED) is 0.682. The molecule has 1 aromatic heterocycles. The highest BCUT2D eigenvalue weighted by molar-refractivity contribution is 5.75. The molecule has 13 heavy (non-hydrogen) atoms. The highest BCUT2D eigenvalue weighted by Gasteiger charge is 2.09. The van der Waals surface area contributed by atoms with E-state index in [1.807, 2.05) is 0 Å². The highest BCUT2D eigenvalue weighted by atomic mass is 16.5. The average Bonchev–Trinajstić information content (AvgIpc) is 2.65. The van der Waals surface area contributed by atoms with Crippen LogP contribution in [0.2, 0.25) is 0 Å². The Balaban J connectivity index is 2.48. The van der Waals surface area contributed by atoms with E-state index in [1.54, 1.807) is 37.5 Å². The van der Waals surface area contributed by atoms with Crippen molar-refractivity contribution in [2.45, 2.75) is 0 Å². The molecular weight excluding hydrogens is 170 g/mol. The first kappa shape index (κ1) is 9.73. The van der Waals surface area contributed by atoms with Gasteiger partial charge in [0.05, 0.1) is 6.61 Å². The second kappa shape index (κ2) is 4.61. The average molecular weight is 183 g/mol. The van der Waals surface area contributed by atoms with Gasteiger partial charge < -0.3 is 9.64 Å². The molecule has 0 spiro atoms. The van der Waals surface area contributed by atoms with E-state index in [0.717, 1.165) is 0 Å². The summed E-state index contributed by atoms with van der Waals surface area (Å²) in [6.45, 7) is 1.10. The molecule has 0 radical (unpaired) electrons. The molecule has 0 N–H and O–H groups in total. The summed E-state index contributed by atoms with van der Waals surface area (Å²) in [7, 11) is 3.31. The third-order valence-corrected chi connectivity index (χ3v) is 1.66. The molecule has 72 valence electrons. The molecule has 0 aromatic carbocycles. The molecule has 0 saturated heterocycles. The lowest BCUT2D eigenvalue weighted by Crippen LogP contribution is -2.33. The first-order valence-electron chi connectivity index (χ1n) is 3.99. The molecule has 0 aliphatic rings. The van der Waals surface area contributed by atoms with Crippen LogP contribution in [-0.2, 0) is 4.74 Å². The van der Waals surface area contributed by atoms with Gasteiger partial charge in [0.15, 0.2) is 0 Å². The van der Waals surface area contributed by atoms with Crippen molar-refractivity contribution in [3.63, 3.8) is 0 Å². The van der Waals surface area contributed by atoms with E-state index < -0.39 is 0 Å². The number of ether oxygens (including phenoxy) is 1. The van der Waals surface area contributed by atoms with Gasteiger partial charge in [-0.2, -0.15) is 9.78 Å². The van der Waals surface area contributed by atoms with Crippen LogP contribution in [0, 0.1) is 0 Å².